The van der Waals surface area contributed by atoms with Gasteiger partial charge in [-0.2, -0.15) is 0 Å². The fourth-order valence-electron chi connectivity index (χ4n) is 11.2. The van der Waals surface area contributed by atoms with Crippen LogP contribution in [0, 0.1) is 46.8 Å². The van der Waals surface area contributed by atoms with Gasteiger partial charge in [0.1, 0.15) is 0 Å². The van der Waals surface area contributed by atoms with Crippen LogP contribution in [-0.2, 0) is 14.2 Å². The lowest BCUT2D eigenvalue weighted by Gasteiger charge is -2.55. The number of fused-ring (bicyclic) bond motifs is 5. The van der Waals surface area contributed by atoms with Crippen LogP contribution < -0.4 is 0 Å². The Morgan fingerprint density at radius 2 is 1.44 bits per heavy atom. The third-order valence-electron chi connectivity index (χ3n) is 14.5. The van der Waals surface area contributed by atoms with Crippen LogP contribution in [0.5, 0.6) is 0 Å². The summed E-state index contributed by atoms with van der Waals surface area (Å²) in [6.07, 6.45) is 37.0. The van der Waals surface area contributed by atoms with Crippen molar-refractivity contribution in [1.82, 2.24) is 4.90 Å². The molecule has 0 saturated heterocycles. The molecule has 0 spiro atoms. The highest BCUT2D eigenvalue weighted by Gasteiger charge is 2.54. The van der Waals surface area contributed by atoms with Gasteiger partial charge in [0, 0.05) is 19.8 Å². The van der Waals surface area contributed by atoms with Gasteiger partial charge in [0.2, 0.25) is 0 Å². The zero-order valence-corrected chi connectivity index (χ0v) is 35.7. The Morgan fingerprint density at radius 3 is 2.17 bits per heavy atom. The summed E-state index contributed by atoms with van der Waals surface area (Å²) in [4.78, 5) is 2.24. The van der Waals surface area contributed by atoms with Crippen LogP contribution in [0.1, 0.15) is 176 Å². The molecule has 0 aliphatic heterocycles. The molecule has 0 heterocycles. The van der Waals surface area contributed by atoms with Gasteiger partial charge in [0.15, 0.2) is 0 Å². The molecular formula is C48H87NO3. The molecule has 4 nitrogen and oxygen atoms in total. The number of hydrogen-bond donors (Lipinski definition) is 0. The quantitative estimate of drug-likeness (QED) is 0.0623. The van der Waals surface area contributed by atoms with Gasteiger partial charge in [0.25, 0.3) is 0 Å². The minimum absolute atomic E-state index is 0.332. The van der Waals surface area contributed by atoms with Crippen molar-refractivity contribution in [2.24, 2.45) is 46.8 Å². The van der Waals surface area contributed by atoms with E-state index in [1.807, 2.05) is 0 Å². The highest BCUT2D eigenvalue weighted by molar-refractivity contribution is 5.24. The summed E-state index contributed by atoms with van der Waals surface area (Å²) in [5.41, 5.74) is 2.23. The van der Waals surface area contributed by atoms with Crippen molar-refractivity contribution >= 4 is 0 Å². The second-order valence-electron chi connectivity index (χ2n) is 19.0. The maximum atomic E-state index is 6.56. The molecule has 4 aliphatic carbocycles. The van der Waals surface area contributed by atoms with Gasteiger partial charge in [-0.25, -0.2) is 0 Å². The van der Waals surface area contributed by atoms with E-state index in [9.17, 15) is 0 Å². The Bertz CT molecular complexity index is 1010. The Kier molecular flexibility index (Phi) is 20.4. The van der Waals surface area contributed by atoms with Crippen molar-refractivity contribution in [2.75, 3.05) is 47.1 Å². The Morgan fingerprint density at radius 1 is 0.750 bits per heavy atom. The van der Waals surface area contributed by atoms with Gasteiger partial charge in [-0.05, 0) is 151 Å². The topological polar surface area (TPSA) is 30.9 Å². The molecule has 0 aromatic rings. The van der Waals surface area contributed by atoms with E-state index in [1.54, 1.807) is 5.57 Å². The predicted octanol–water partition coefficient (Wildman–Crippen LogP) is 12.9. The SMILES string of the molecule is CCCCC/C=C\CCCOC[C@H](COCCCCCCCO[C@H]1CC[C@@]2(C)C(=CC[C@H]3C4CC[C@H]([C@H](C)CCCC(C)C)[C@H]4CCC32)C1)N(C)C. The lowest BCUT2D eigenvalue weighted by molar-refractivity contribution is -0.0330. The highest BCUT2D eigenvalue weighted by atomic mass is 16.5. The first-order valence-electron chi connectivity index (χ1n) is 23.0. The summed E-state index contributed by atoms with van der Waals surface area (Å²) >= 11 is 0. The molecule has 0 aromatic carbocycles. The Labute approximate surface area is 324 Å². The first kappa shape index (κ1) is 44.0. The van der Waals surface area contributed by atoms with Gasteiger partial charge < -0.3 is 19.1 Å². The molecule has 0 aromatic heterocycles. The third kappa shape index (κ3) is 13.8. The molecule has 52 heavy (non-hydrogen) atoms. The lowest BCUT2D eigenvalue weighted by Crippen LogP contribution is -2.48. The van der Waals surface area contributed by atoms with E-state index in [4.69, 9.17) is 14.2 Å². The molecule has 3 saturated carbocycles. The van der Waals surface area contributed by atoms with Crippen LogP contribution in [0.3, 0.4) is 0 Å². The molecule has 0 N–H and O–H groups in total. The minimum Gasteiger partial charge on any atom is -0.380 e. The fraction of sp³-hybridized carbons (Fsp3) is 0.917. The molecule has 9 atom stereocenters. The number of ether oxygens (including phenoxy) is 3. The highest BCUT2D eigenvalue weighted by Crippen LogP contribution is 2.63. The first-order chi connectivity index (χ1) is 25.2. The van der Waals surface area contributed by atoms with Crippen LogP contribution >= 0.6 is 0 Å². The van der Waals surface area contributed by atoms with Crippen molar-refractivity contribution in [2.45, 2.75) is 188 Å². The van der Waals surface area contributed by atoms with Crippen LogP contribution in [0.25, 0.3) is 0 Å². The molecule has 0 amide bonds. The largest absolute Gasteiger partial charge is 0.380 e. The van der Waals surface area contributed by atoms with Crippen molar-refractivity contribution in [3.05, 3.63) is 23.8 Å². The summed E-state index contributed by atoms with van der Waals surface area (Å²) in [6.45, 7) is 16.5. The number of likely N-dealkylation sites (N-methyl/N-ethyl adjacent to an activating group) is 1. The van der Waals surface area contributed by atoms with E-state index in [1.165, 1.54) is 122 Å². The molecule has 2 unspecified atom stereocenters. The number of nitrogens with zero attached hydrogens (tertiary/aromatic N) is 1. The number of allylic oxidation sites excluding steroid dienone is 3. The zero-order chi connectivity index (χ0) is 37.2. The second-order valence-corrected chi connectivity index (χ2v) is 19.0. The van der Waals surface area contributed by atoms with Crippen LogP contribution in [0.2, 0.25) is 0 Å². The van der Waals surface area contributed by atoms with Gasteiger partial charge in [-0.15, -0.1) is 0 Å². The van der Waals surface area contributed by atoms with Crippen molar-refractivity contribution in [3.8, 4) is 0 Å². The van der Waals surface area contributed by atoms with E-state index in [2.05, 4.69) is 71.8 Å². The van der Waals surface area contributed by atoms with E-state index >= 15 is 0 Å². The molecular weight excluding hydrogens is 639 g/mol. The van der Waals surface area contributed by atoms with Crippen LogP contribution in [-0.4, -0.2) is 64.2 Å². The maximum Gasteiger partial charge on any atom is 0.0644 e. The van der Waals surface area contributed by atoms with Gasteiger partial charge in [-0.1, -0.05) is 110 Å². The molecule has 4 rings (SSSR count). The summed E-state index contributed by atoms with van der Waals surface area (Å²) in [7, 11) is 4.27. The fourth-order valence-corrected chi connectivity index (χ4v) is 11.2. The lowest BCUT2D eigenvalue weighted by atomic mass is 9.50. The predicted molar refractivity (Wildman–Crippen MR) is 223 cm³/mol. The normalized spacial score (nSPS) is 30.1. The summed E-state index contributed by atoms with van der Waals surface area (Å²) < 4.78 is 18.6. The van der Waals surface area contributed by atoms with E-state index in [-0.39, 0.29) is 0 Å². The Balaban J connectivity index is 1.03. The van der Waals surface area contributed by atoms with Gasteiger partial charge >= 0.3 is 0 Å². The van der Waals surface area contributed by atoms with Gasteiger partial charge in [-0.3, -0.25) is 0 Å². The molecule has 0 radical (unpaired) electrons. The second kappa shape index (κ2) is 24.1. The van der Waals surface area contributed by atoms with Crippen LogP contribution in [0.4, 0.5) is 0 Å². The standard InChI is InChI=1S/C48H87NO3/c1-8-9-10-11-12-13-15-18-32-50-36-41(49(6)7)37-51-33-19-16-14-17-20-34-52-42-30-31-48(5)40(35-42)24-25-46-45-27-26-43(44(45)28-29-47(46)48)39(4)23-21-22-38(2)3/h12-13,24,38-39,41-47H,8-11,14-23,25-37H2,1-7H3/b13-12-/t39-,41-,42+,43-,44-,45?,46+,47?,48+/m1/s1. The molecule has 4 aliphatic rings. The van der Waals surface area contributed by atoms with E-state index < -0.39 is 0 Å². The molecule has 3 fully saturated rings. The number of unbranched alkanes of at least 4 members (excludes halogenated alkanes) is 8. The third-order valence-corrected chi connectivity index (χ3v) is 14.5. The monoisotopic (exact) mass is 726 g/mol. The Hall–Kier alpha value is -0.680. The summed E-state index contributed by atoms with van der Waals surface area (Å²) in [6, 6.07) is 0.332. The van der Waals surface area contributed by atoms with Crippen LogP contribution in [0.15, 0.2) is 23.8 Å². The van der Waals surface area contributed by atoms with Crippen molar-refractivity contribution in [1.29, 1.82) is 0 Å². The van der Waals surface area contributed by atoms with Crippen molar-refractivity contribution < 1.29 is 14.2 Å². The average molecular weight is 726 g/mol. The summed E-state index contributed by atoms with van der Waals surface area (Å²) in [5, 5.41) is 0. The summed E-state index contributed by atoms with van der Waals surface area (Å²) in [5.74, 6) is 6.71. The van der Waals surface area contributed by atoms with Gasteiger partial charge in [0.05, 0.1) is 25.4 Å². The average Bonchev–Trinajstić information content (AvgIpc) is 3.57. The number of hydrogen-bond acceptors (Lipinski definition) is 4. The number of rotatable bonds is 27. The van der Waals surface area contributed by atoms with E-state index in [0.717, 1.165) is 93.7 Å². The first-order valence-corrected chi connectivity index (χ1v) is 23.0. The van der Waals surface area contributed by atoms with E-state index in [0.29, 0.717) is 17.6 Å². The molecule has 4 heteroatoms. The smallest absolute Gasteiger partial charge is 0.0644 e. The van der Waals surface area contributed by atoms with Crippen molar-refractivity contribution in [3.63, 3.8) is 0 Å². The maximum absolute atomic E-state index is 6.56. The zero-order valence-electron chi connectivity index (χ0n) is 35.7. The molecule has 0 bridgehead atoms. The minimum atomic E-state index is 0.332. The molecule has 302 valence electrons.